The van der Waals surface area contributed by atoms with Gasteiger partial charge < -0.3 is 0 Å². The molecule has 0 aromatic heterocycles. The molecule has 0 heterocycles. The summed E-state index contributed by atoms with van der Waals surface area (Å²) in [5, 5.41) is 0. The first kappa shape index (κ1) is 16.4. The number of hydrogen-bond acceptors (Lipinski definition) is 0. The molecule has 0 heteroatoms. The molecule has 0 aliphatic heterocycles. The Kier molecular flexibility index (Phi) is 4.36. The minimum atomic E-state index is 0.627. The maximum Gasteiger partial charge on any atom is -0.0267 e. The van der Waals surface area contributed by atoms with Crippen LogP contribution in [0.2, 0.25) is 0 Å². The lowest BCUT2D eigenvalue weighted by atomic mass is 9.50. The van der Waals surface area contributed by atoms with Crippen LogP contribution in [-0.2, 0) is 0 Å². The molecule has 4 bridgehead atoms. The van der Waals surface area contributed by atoms with E-state index in [0.717, 1.165) is 0 Å². The third-order valence-electron chi connectivity index (χ3n) is 8.09. The normalized spacial score (nSPS) is 51.3. The van der Waals surface area contributed by atoms with Crippen molar-refractivity contribution in [2.24, 2.45) is 21.7 Å². The van der Waals surface area contributed by atoms with Crippen LogP contribution in [0.4, 0.5) is 0 Å². The van der Waals surface area contributed by atoms with Crippen molar-refractivity contribution in [3.63, 3.8) is 0 Å². The molecule has 0 amide bonds. The summed E-state index contributed by atoms with van der Waals surface area (Å²) in [6.07, 6.45) is 14.9. The van der Waals surface area contributed by atoms with Crippen LogP contribution in [-0.4, -0.2) is 0 Å². The average Bonchev–Trinajstić information content (AvgIpc) is 2.43. The first-order valence-corrected chi connectivity index (χ1v) is 9.33. The molecule has 0 saturated heterocycles. The van der Waals surface area contributed by atoms with Crippen LogP contribution in [0.3, 0.4) is 0 Å². The van der Waals surface area contributed by atoms with Crippen molar-refractivity contribution >= 4 is 0 Å². The van der Waals surface area contributed by atoms with Crippen molar-refractivity contribution in [3.8, 4) is 0 Å². The van der Waals surface area contributed by atoms with Gasteiger partial charge in [0.1, 0.15) is 0 Å². The van der Waals surface area contributed by atoms with E-state index >= 15 is 0 Å². The first-order valence-electron chi connectivity index (χ1n) is 9.33. The lowest BCUT2D eigenvalue weighted by Gasteiger charge is -2.54. The monoisotopic (exact) mass is 278 g/mol. The average molecular weight is 279 g/mol. The lowest BCUT2D eigenvalue weighted by Crippen LogP contribution is -2.45. The van der Waals surface area contributed by atoms with E-state index in [1.54, 1.807) is 0 Å². The second-order valence-electron chi connectivity index (χ2n) is 8.98. The molecule has 3 aliphatic rings. The van der Waals surface area contributed by atoms with Gasteiger partial charge in [-0.25, -0.2) is 0 Å². The quantitative estimate of drug-likeness (QED) is 0.448. The van der Waals surface area contributed by atoms with E-state index in [1.165, 1.54) is 64.2 Å². The zero-order valence-electron chi connectivity index (χ0n) is 15.1. The molecule has 4 unspecified atom stereocenters. The molecule has 118 valence electrons. The van der Waals surface area contributed by atoms with E-state index in [-0.39, 0.29) is 0 Å². The Labute approximate surface area is 128 Å². The van der Waals surface area contributed by atoms with E-state index < -0.39 is 0 Å². The van der Waals surface area contributed by atoms with Crippen molar-refractivity contribution in [3.05, 3.63) is 0 Å². The van der Waals surface area contributed by atoms with Crippen LogP contribution in [0.1, 0.15) is 106 Å². The summed E-state index contributed by atoms with van der Waals surface area (Å²) in [6.45, 7) is 14.6. The third-order valence-corrected chi connectivity index (χ3v) is 8.09. The van der Waals surface area contributed by atoms with Crippen LogP contribution in [0, 0.1) is 21.7 Å². The molecular formula is C20H38. The molecule has 0 spiro atoms. The van der Waals surface area contributed by atoms with Gasteiger partial charge in [-0.1, -0.05) is 60.8 Å². The Bertz CT molecular complexity index is 314. The summed E-state index contributed by atoms with van der Waals surface area (Å²) in [6, 6.07) is 0. The summed E-state index contributed by atoms with van der Waals surface area (Å²) in [5.74, 6) is 0. The summed E-state index contributed by atoms with van der Waals surface area (Å²) < 4.78 is 0. The molecule has 3 aliphatic carbocycles. The zero-order valence-corrected chi connectivity index (χ0v) is 15.1. The zero-order chi connectivity index (χ0) is 15.1. The smallest absolute Gasteiger partial charge is 0.0267 e. The van der Waals surface area contributed by atoms with Gasteiger partial charge in [0.2, 0.25) is 0 Å². The maximum atomic E-state index is 2.64. The Morgan fingerprint density at radius 2 is 0.800 bits per heavy atom. The molecule has 0 N–H and O–H groups in total. The standard InChI is InChI=1S/C18H32.C2H6/c1-15-8-5-6-9-16(2,13-12-15)18(4)11-7-10-17(15,3)14-18;1-2/h5-14H2,1-4H3;1-2H3. The van der Waals surface area contributed by atoms with Gasteiger partial charge >= 0.3 is 0 Å². The number of fused-ring (bicyclic) bond motifs is 7. The van der Waals surface area contributed by atoms with E-state index in [9.17, 15) is 0 Å². The van der Waals surface area contributed by atoms with E-state index in [0.29, 0.717) is 21.7 Å². The summed E-state index contributed by atoms with van der Waals surface area (Å²) in [5.41, 5.74) is 2.52. The van der Waals surface area contributed by atoms with Crippen LogP contribution < -0.4 is 0 Å². The predicted octanol–water partition coefficient (Wildman–Crippen LogP) is 6.98. The fourth-order valence-corrected chi connectivity index (χ4v) is 5.98. The molecule has 3 saturated carbocycles. The van der Waals surface area contributed by atoms with Gasteiger partial charge in [-0.2, -0.15) is 0 Å². The topological polar surface area (TPSA) is 0 Å². The van der Waals surface area contributed by atoms with Crippen LogP contribution in [0.25, 0.3) is 0 Å². The van der Waals surface area contributed by atoms with Crippen molar-refractivity contribution in [1.82, 2.24) is 0 Å². The van der Waals surface area contributed by atoms with Crippen LogP contribution in [0.15, 0.2) is 0 Å². The summed E-state index contributed by atoms with van der Waals surface area (Å²) in [7, 11) is 0. The van der Waals surface area contributed by atoms with Crippen molar-refractivity contribution in [1.29, 1.82) is 0 Å². The molecule has 0 nitrogen and oxygen atoms in total. The van der Waals surface area contributed by atoms with Gasteiger partial charge in [-0.05, 0) is 66.6 Å². The largest absolute Gasteiger partial charge is 0.0683 e. The Balaban J connectivity index is 0.000000704. The fraction of sp³-hybridized carbons (Fsp3) is 1.00. The molecule has 0 radical (unpaired) electrons. The van der Waals surface area contributed by atoms with Gasteiger partial charge in [0.05, 0.1) is 0 Å². The minimum Gasteiger partial charge on any atom is -0.0683 e. The summed E-state index contributed by atoms with van der Waals surface area (Å²) >= 11 is 0. The molecule has 3 rings (SSSR count). The molecule has 4 atom stereocenters. The molecule has 0 aromatic rings. The van der Waals surface area contributed by atoms with Crippen molar-refractivity contribution < 1.29 is 0 Å². The Morgan fingerprint density at radius 3 is 1.20 bits per heavy atom. The fourth-order valence-electron chi connectivity index (χ4n) is 5.98. The van der Waals surface area contributed by atoms with Gasteiger partial charge in [0.25, 0.3) is 0 Å². The lowest BCUT2D eigenvalue weighted by molar-refractivity contribution is -0.0437. The van der Waals surface area contributed by atoms with Crippen molar-refractivity contribution in [2.45, 2.75) is 106 Å². The minimum absolute atomic E-state index is 0.627. The Hall–Kier alpha value is 0. The van der Waals surface area contributed by atoms with Gasteiger partial charge in [-0.3, -0.25) is 0 Å². The van der Waals surface area contributed by atoms with Gasteiger partial charge in [-0.15, -0.1) is 0 Å². The van der Waals surface area contributed by atoms with Crippen LogP contribution in [0.5, 0.6) is 0 Å². The highest BCUT2D eigenvalue weighted by Crippen LogP contribution is 2.69. The maximum absolute atomic E-state index is 2.64. The highest BCUT2D eigenvalue weighted by atomic mass is 14.6. The number of rotatable bonds is 0. The Morgan fingerprint density at radius 1 is 0.450 bits per heavy atom. The van der Waals surface area contributed by atoms with Gasteiger partial charge in [0.15, 0.2) is 0 Å². The molecule has 20 heavy (non-hydrogen) atoms. The molecule has 0 aromatic carbocycles. The third kappa shape index (κ3) is 2.26. The highest BCUT2D eigenvalue weighted by molar-refractivity contribution is 5.08. The van der Waals surface area contributed by atoms with E-state index in [4.69, 9.17) is 0 Å². The van der Waals surface area contributed by atoms with E-state index in [2.05, 4.69) is 27.7 Å². The number of hydrogen-bond donors (Lipinski definition) is 0. The molecule has 3 fully saturated rings. The SMILES string of the molecule is CC.CC12CCCCC(C)(CC1)C1(C)CCCC2(C)C1. The van der Waals surface area contributed by atoms with Crippen molar-refractivity contribution in [2.75, 3.05) is 0 Å². The second-order valence-corrected chi connectivity index (χ2v) is 8.98. The first-order chi connectivity index (χ1) is 9.33. The second kappa shape index (κ2) is 5.33. The highest BCUT2D eigenvalue weighted by Gasteiger charge is 2.58. The molecular weight excluding hydrogens is 240 g/mol. The summed E-state index contributed by atoms with van der Waals surface area (Å²) in [4.78, 5) is 0. The van der Waals surface area contributed by atoms with Crippen LogP contribution >= 0.6 is 0 Å². The van der Waals surface area contributed by atoms with E-state index in [1.807, 2.05) is 13.8 Å². The van der Waals surface area contributed by atoms with Gasteiger partial charge in [0, 0.05) is 0 Å². The predicted molar refractivity (Wildman–Crippen MR) is 89.9 cm³/mol.